The summed E-state index contributed by atoms with van der Waals surface area (Å²) in [5.41, 5.74) is 3.14. The average molecular weight is 330 g/mol. The highest BCUT2D eigenvalue weighted by Crippen LogP contribution is 2.32. The predicted molar refractivity (Wildman–Crippen MR) is 90.3 cm³/mol. The van der Waals surface area contributed by atoms with Crippen molar-refractivity contribution in [1.29, 1.82) is 0 Å². The lowest BCUT2D eigenvalue weighted by atomic mass is 10.1. The monoisotopic (exact) mass is 329 g/mol. The van der Waals surface area contributed by atoms with E-state index in [2.05, 4.69) is 5.32 Å². The number of nitrogens with zero attached hydrogens (tertiary/aromatic N) is 2. The molecule has 4 nitrogen and oxygen atoms in total. The van der Waals surface area contributed by atoms with E-state index >= 15 is 0 Å². The first-order valence-corrected chi connectivity index (χ1v) is 6.98. The van der Waals surface area contributed by atoms with Crippen LogP contribution in [-0.4, -0.2) is 38.5 Å². The van der Waals surface area contributed by atoms with Crippen molar-refractivity contribution in [2.75, 3.05) is 32.6 Å². The molecule has 0 unspecified atom stereocenters. The molecular formula is C15H21Cl2N3O. The maximum atomic E-state index is 12.2. The molecule has 1 aliphatic rings. The number of halogens is 2. The molecule has 1 aromatic rings. The normalized spacial score (nSPS) is 13.4. The van der Waals surface area contributed by atoms with Gasteiger partial charge in [-0.15, -0.1) is 12.4 Å². The Kier molecular flexibility index (Phi) is 6.68. The van der Waals surface area contributed by atoms with Gasteiger partial charge in [0.2, 0.25) is 5.91 Å². The molecule has 0 aromatic heterocycles. The molecule has 0 bridgehead atoms. The molecule has 0 atom stereocenters. The Balaban J connectivity index is 0.00000220. The smallest absolute Gasteiger partial charge is 0.250 e. The molecule has 1 aliphatic heterocycles. The van der Waals surface area contributed by atoms with E-state index in [9.17, 15) is 4.79 Å². The van der Waals surface area contributed by atoms with Crippen LogP contribution in [0, 0.1) is 0 Å². The van der Waals surface area contributed by atoms with Gasteiger partial charge in [-0.3, -0.25) is 4.79 Å². The van der Waals surface area contributed by atoms with Crippen molar-refractivity contribution in [2.24, 2.45) is 0 Å². The fourth-order valence-corrected chi connectivity index (χ4v) is 2.51. The van der Waals surface area contributed by atoms with E-state index < -0.39 is 0 Å². The summed E-state index contributed by atoms with van der Waals surface area (Å²) in [6, 6.07) is 3.77. The van der Waals surface area contributed by atoms with Gasteiger partial charge in [0.15, 0.2) is 0 Å². The van der Waals surface area contributed by atoms with Gasteiger partial charge in [-0.05, 0) is 37.4 Å². The lowest BCUT2D eigenvalue weighted by molar-refractivity contribution is -0.113. The summed E-state index contributed by atoms with van der Waals surface area (Å²) in [5, 5.41) is 4.04. The number of amides is 1. The van der Waals surface area contributed by atoms with Crippen LogP contribution in [0.15, 0.2) is 24.3 Å². The molecule has 1 amide bonds. The van der Waals surface area contributed by atoms with Crippen molar-refractivity contribution >= 4 is 35.6 Å². The maximum absolute atomic E-state index is 12.2. The van der Waals surface area contributed by atoms with Crippen LogP contribution in [0.25, 0.3) is 0 Å². The first kappa shape index (κ1) is 18.0. The second-order valence-electron chi connectivity index (χ2n) is 5.19. The number of carbonyl (C=O) groups excluding carboxylic acids is 1. The highest BCUT2D eigenvalue weighted by atomic mass is 35.5. The lowest BCUT2D eigenvalue weighted by Gasteiger charge is -2.19. The molecule has 1 N–H and O–H groups in total. The Morgan fingerprint density at radius 3 is 2.62 bits per heavy atom. The Morgan fingerprint density at radius 1 is 1.29 bits per heavy atom. The number of hydrogen-bond donors (Lipinski definition) is 1. The summed E-state index contributed by atoms with van der Waals surface area (Å²) < 4.78 is 0. The zero-order chi connectivity index (χ0) is 14.7. The Hall–Kier alpha value is -1.07. The fraction of sp³-hybridized carbons (Fsp3) is 0.400. The van der Waals surface area contributed by atoms with Crippen molar-refractivity contribution in [3.05, 3.63) is 40.4 Å². The quantitative estimate of drug-likeness (QED) is 0.862. The van der Waals surface area contributed by atoms with Gasteiger partial charge in [-0.1, -0.05) is 17.7 Å². The fourth-order valence-electron chi connectivity index (χ4n) is 2.26. The van der Waals surface area contributed by atoms with E-state index in [4.69, 9.17) is 11.6 Å². The zero-order valence-corrected chi connectivity index (χ0v) is 14.1. The Labute approximate surface area is 137 Å². The third-order valence-electron chi connectivity index (χ3n) is 3.38. The standard InChI is InChI=1S/C15H20ClN3O.ClH/c1-18(2)8-4-5-15(20)19(3)14-7-6-13(16)11-9-17-10-12(11)14;/h4-7,17H,8-10H2,1-3H3;1H/b5-4+;. The van der Waals surface area contributed by atoms with Gasteiger partial charge in [0.1, 0.15) is 0 Å². The lowest BCUT2D eigenvalue weighted by Crippen LogP contribution is -2.25. The van der Waals surface area contributed by atoms with E-state index in [1.165, 1.54) is 0 Å². The van der Waals surface area contributed by atoms with Crippen molar-refractivity contribution < 1.29 is 4.79 Å². The molecule has 0 spiro atoms. The highest BCUT2D eigenvalue weighted by Gasteiger charge is 2.21. The third kappa shape index (κ3) is 4.20. The summed E-state index contributed by atoms with van der Waals surface area (Å²) in [6.45, 7) is 2.27. The third-order valence-corrected chi connectivity index (χ3v) is 3.73. The van der Waals surface area contributed by atoms with Crippen LogP contribution in [0.2, 0.25) is 5.02 Å². The minimum atomic E-state index is -0.0247. The Morgan fingerprint density at radius 2 is 1.95 bits per heavy atom. The molecule has 1 heterocycles. The number of benzene rings is 1. The van der Waals surface area contributed by atoms with Crippen LogP contribution in [0.3, 0.4) is 0 Å². The van der Waals surface area contributed by atoms with Gasteiger partial charge < -0.3 is 15.1 Å². The molecule has 0 aliphatic carbocycles. The molecule has 6 heteroatoms. The summed E-state index contributed by atoms with van der Waals surface area (Å²) in [6.07, 6.45) is 3.48. The van der Waals surface area contributed by atoms with Gasteiger partial charge >= 0.3 is 0 Å². The van der Waals surface area contributed by atoms with E-state index in [1.807, 2.05) is 37.2 Å². The minimum Gasteiger partial charge on any atom is -0.312 e. The molecular weight excluding hydrogens is 309 g/mol. The van der Waals surface area contributed by atoms with E-state index in [0.717, 1.165) is 41.5 Å². The van der Waals surface area contributed by atoms with Crippen LogP contribution in [0.4, 0.5) is 5.69 Å². The van der Waals surface area contributed by atoms with Crippen LogP contribution < -0.4 is 10.2 Å². The molecule has 0 radical (unpaired) electrons. The summed E-state index contributed by atoms with van der Waals surface area (Å²) in [4.78, 5) is 15.9. The van der Waals surface area contributed by atoms with Gasteiger partial charge in [0.05, 0.1) is 0 Å². The number of anilines is 1. The SMILES string of the molecule is CN(C)C/C=C/C(=O)N(C)c1ccc(Cl)c2c1CNC2.Cl. The molecule has 0 fully saturated rings. The van der Waals surface area contributed by atoms with Crippen LogP contribution >= 0.6 is 24.0 Å². The number of nitrogens with one attached hydrogen (secondary N) is 1. The van der Waals surface area contributed by atoms with Crippen molar-refractivity contribution in [2.45, 2.75) is 13.1 Å². The molecule has 0 saturated carbocycles. The number of rotatable bonds is 4. The average Bonchev–Trinajstić information content (AvgIpc) is 2.88. The first-order valence-electron chi connectivity index (χ1n) is 6.60. The molecule has 0 saturated heterocycles. The number of fused-ring (bicyclic) bond motifs is 1. The van der Waals surface area contributed by atoms with Gasteiger partial charge in [-0.25, -0.2) is 0 Å². The number of carbonyl (C=O) groups is 1. The molecule has 2 rings (SSSR count). The topological polar surface area (TPSA) is 35.6 Å². The minimum absolute atomic E-state index is 0. The van der Waals surface area contributed by atoms with Gasteiger partial charge in [0.25, 0.3) is 0 Å². The highest BCUT2D eigenvalue weighted by molar-refractivity contribution is 6.31. The van der Waals surface area contributed by atoms with E-state index in [-0.39, 0.29) is 18.3 Å². The van der Waals surface area contributed by atoms with Gasteiger partial charge in [0, 0.05) is 43.5 Å². The van der Waals surface area contributed by atoms with Crippen LogP contribution in [0.5, 0.6) is 0 Å². The summed E-state index contributed by atoms with van der Waals surface area (Å²) in [7, 11) is 5.73. The molecule has 116 valence electrons. The summed E-state index contributed by atoms with van der Waals surface area (Å²) in [5.74, 6) is -0.0247. The van der Waals surface area contributed by atoms with Crippen molar-refractivity contribution in [3.8, 4) is 0 Å². The summed E-state index contributed by atoms with van der Waals surface area (Å²) >= 11 is 6.18. The second kappa shape index (κ2) is 7.80. The van der Waals surface area contributed by atoms with Crippen molar-refractivity contribution in [3.63, 3.8) is 0 Å². The maximum Gasteiger partial charge on any atom is 0.250 e. The van der Waals surface area contributed by atoms with E-state index in [1.54, 1.807) is 18.0 Å². The number of hydrogen-bond acceptors (Lipinski definition) is 3. The Bertz CT molecular complexity index is 544. The second-order valence-corrected chi connectivity index (χ2v) is 5.60. The number of likely N-dealkylation sites (N-methyl/N-ethyl adjacent to an activating group) is 2. The van der Waals surface area contributed by atoms with E-state index in [0.29, 0.717) is 0 Å². The zero-order valence-electron chi connectivity index (χ0n) is 12.5. The van der Waals surface area contributed by atoms with Crippen LogP contribution in [0.1, 0.15) is 11.1 Å². The van der Waals surface area contributed by atoms with Crippen molar-refractivity contribution in [1.82, 2.24) is 10.2 Å². The molecule has 21 heavy (non-hydrogen) atoms. The first-order chi connectivity index (χ1) is 9.50. The predicted octanol–water partition coefficient (Wildman–Crippen LogP) is 2.45. The molecule has 1 aromatic carbocycles. The van der Waals surface area contributed by atoms with Crippen LogP contribution in [-0.2, 0) is 17.9 Å². The largest absolute Gasteiger partial charge is 0.312 e. The van der Waals surface area contributed by atoms with Gasteiger partial charge in [-0.2, -0.15) is 0 Å².